The third-order valence-corrected chi connectivity index (χ3v) is 3.28. The molecule has 2 aromatic rings. The fraction of sp³-hybridized carbons (Fsp3) is 0.412. The number of hydrogen-bond acceptors (Lipinski definition) is 4. The van der Waals surface area contributed by atoms with E-state index in [-0.39, 0.29) is 5.54 Å². The number of pyridine rings is 2. The predicted molar refractivity (Wildman–Crippen MR) is 87.2 cm³/mol. The zero-order valence-corrected chi connectivity index (χ0v) is 13.3. The van der Waals surface area contributed by atoms with Crippen molar-refractivity contribution in [2.75, 3.05) is 11.9 Å². The monoisotopic (exact) mass is 284 g/mol. The van der Waals surface area contributed by atoms with Gasteiger partial charge in [0.1, 0.15) is 0 Å². The minimum atomic E-state index is 0.101. The smallest absolute Gasteiger partial charge is 0.0598 e. The maximum atomic E-state index is 4.27. The summed E-state index contributed by atoms with van der Waals surface area (Å²) in [6, 6.07) is 6.16. The Morgan fingerprint density at radius 3 is 2.38 bits per heavy atom. The lowest BCUT2D eigenvalue weighted by atomic mass is 10.1. The summed E-state index contributed by atoms with van der Waals surface area (Å²) in [5, 5.41) is 3.53. The van der Waals surface area contributed by atoms with E-state index in [2.05, 4.69) is 54.1 Å². The minimum absolute atomic E-state index is 0.101. The quantitative estimate of drug-likeness (QED) is 0.916. The van der Waals surface area contributed by atoms with Crippen molar-refractivity contribution in [3.8, 4) is 0 Å². The van der Waals surface area contributed by atoms with Crippen molar-refractivity contribution in [3.63, 3.8) is 0 Å². The van der Waals surface area contributed by atoms with Crippen LogP contribution in [-0.2, 0) is 13.1 Å². The molecule has 0 radical (unpaired) electrons. The molecule has 0 atom stereocenters. The Bertz CT molecular complexity index is 561. The average molecular weight is 284 g/mol. The van der Waals surface area contributed by atoms with Crippen LogP contribution in [-0.4, -0.2) is 22.6 Å². The van der Waals surface area contributed by atoms with Crippen LogP contribution in [0.1, 0.15) is 31.9 Å². The lowest BCUT2D eigenvalue weighted by molar-refractivity contribution is 0.424. The second-order valence-electron chi connectivity index (χ2n) is 6.32. The lowest BCUT2D eigenvalue weighted by Gasteiger charge is -2.25. The normalized spacial score (nSPS) is 11.4. The van der Waals surface area contributed by atoms with Gasteiger partial charge < -0.3 is 10.2 Å². The molecule has 0 aromatic carbocycles. The Kier molecular flexibility index (Phi) is 4.91. The summed E-state index contributed by atoms with van der Waals surface area (Å²) in [6.07, 6.45) is 7.44. The summed E-state index contributed by atoms with van der Waals surface area (Å²) in [6.45, 7) is 8.20. The largest absolute Gasteiger partial charge is 0.369 e. The van der Waals surface area contributed by atoms with Crippen LogP contribution in [0.2, 0.25) is 0 Å². The molecular weight excluding hydrogens is 260 g/mol. The number of rotatable bonds is 5. The Hall–Kier alpha value is -1.94. The van der Waals surface area contributed by atoms with Gasteiger partial charge in [-0.25, -0.2) is 0 Å². The molecule has 4 nitrogen and oxygen atoms in total. The maximum absolute atomic E-state index is 4.27. The van der Waals surface area contributed by atoms with Crippen molar-refractivity contribution >= 4 is 5.69 Å². The number of hydrogen-bond donors (Lipinski definition) is 1. The van der Waals surface area contributed by atoms with Gasteiger partial charge in [-0.1, -0.05) is 0 Å². The standard InChI is InChI=1S/C17H24N4/c1-17(2,3)20-11-15-7-10-19-12-16(15)21(4)13-14-5-8-18-9-6-14/h5-10,12,20H,11,13H2,1-4H3. The second-order valence-corrected chi connectivity index (χ2v) is 6.32. The van der Waals surface area contributed by atoms with Gasteiger partial charge in [0.15, 0.2) is 0 Å². The molecular formula is C17H24N4. The zero-order chi connectivity index (χ0) is 15.3. The molecule has 2 heterocycles. The number of anilines is 1. The van der Waals surface area contributed by atoms with E-state index in [0.29, 0.717) is 0 Å². The summed E-state index contributed by atoms with van der Waals surface area (Å²) >= 11 is 0. The number of nitrogens with one attached hydrogen (secondary N) is 1. The summed E-state index contributed by atoms with van der Waals surface area (Å²) in [5.41, 5.74) is 3.76. The highest BCUT2D eigenvalue weighted by atomic mass is 15.1. The molecule has 4 heteroatoms. The van der Waals surface area contributed by atoms with Crippen LogP contribution in [0.15, 0.2) is 43.0 Å². The van der Waals surface area contributed by atoms with Crippen LogP contribution in [0.3, 0.4) is 0 Å². The molecule has 0 bridgehead atoms. The van der Waals surface area contributed by atoms with E-state index in [1.807, 2.05) is 36.9 Å². The van der Waals surface area contributed by atoms with Crippen molar-refractivity contribution in [1.82, 2.24) is 15.3 Å². The fourth-order valence-electron chi connectivity index (χ4n) is 2.12. The summed E-state index contributed by atoms with van der Waals surface area (Å²) in [5.74, 6) is 0. The van der Waals surface area contributed by atoms with Crippen molar-refractivity contribution in [2.45, 2.75) is 39.4 Å². The highest BCUT2D eigenvalue weighted by Gasteiger charge is 2.12. The van der Waals surface area contributed by atoms with Gasteiger partial charge in [0.2, 0.25) is 0 Å². The Morgan fingerprint density at radius 1 is 1.05 bits per heavy atom. The van der Waals surface area contributed by atoms with Crippen LogP contribution >= 0.6 is 0 Å². The van der Waals surface area contributed by atoms with Gasteiger partial charge in [-0.15, -0.1) is 0 Å². The van der Waals surface area contributed by atoms with Gasteiger partial charge in [-0.3, -0.25) is 9.97 Å². The van der Waals surface area contributed by atoms with Gasteiger partial charge in [0.25, 0.3) is 0 Å². The molecule has 0 aliphatic heterocycles. The first-order valence-corrected chi connectivity index (χ1v) is 7.24. The van der Waals surface area contributed by atoms with E-state index < -0.39 is 0 Å². The second kappa shape index (κ2) is 6.68. The lowest BCUT2D eigenvalue weighted by Crippen LogP contribution is -2.35. The highest BCUT2D eigenvalue weighted by molar-refractivity contribution is 5.51. The fourth-order valence-corrected chi connectivity index (χ4v) is 2.12. The third-order valence-electron chi connectivity index (χ3n) is 3.28. The van der Waals surface area contributed by atoms with Gasteiger partial charge in [-0.2, -0.15) is 0 Å². The molecule has 0 aliphatic carbocycles. The molecule has 2 rings (SSSR count). The Balaban J connectivity index is 2.11. The summed E-state index contributed by atoms with van der Waals surface area (Å²) in [7, 11) is 2.10. The SMILES string of the molecule is CN(Cc1ccncc1)c1cnccc1CNC(C)(C)C. The van der Waals surface area contributed by atoms with Crippen LogP contribution in [0.25, 0.3) is 0 Å². The van der Waals surface area contributed by atoms with Gasteiger partial charge in [0.05, 0.1) is 11.9 Å². The zero-order valence-electron chi connectivity index (χ0n) is 13.3. The maximum Gasteiger partial charge on any atom is 0.0598 e. The Labute approximate surface area is 127 Å². The highest BCUT2D eigenvalue weighted by Crippen LogP contribution is 2.20. The van der Waals surface area contributed by atoms with Crippen molar-refractivity contribution in [1.29, 1.82) is 0 Å². The molecule has 2 aromatic heterocycles. The van der Waals surface area contributed by atoms with E-state index in [0.717, 1.165) is 18.8 Å². The Morgan fingerprint density at radius 2 is 1.71 bits per heavy atom. The number of aromatic nitrogens is 2. The van der Waals surface area contributed by atoms with Gasteiger partial charge in [0, 0.05) is 44.3 Å². The van der Waals surface area contributed by atoms with Gasteiger partial charge >= 0.3 is 0 Å². The summed E-state index contributed by atoms with van der Waals surface area (Å²) < 4.78 is 0. The average Bonchev–Trinajstić information content (AvgIpc) is 2.46. The van der Waals surface area contributed by atoms with Crippen LogP contribution in [0, 0.1) is 0 Å². The third kappa shape index (κ3) is 4.83. The molecule has 112 valence electrons. The van der Waals surface area contributed by atoms with Crippen molar-refractivity contribution < 1.29 is 0 Å². The first kappa shape index (κ1) is 15.4. The van der Waals surface area contributed by atoms with Crippen LogP contribution in [0.5, 0.6) is 0 Å². The molecule has 0 amide bonds. The molecule has 0 aliphatic rings. The first-order valence-electron chi connectivity index (χ1n) is 7.24. The molecule has 0 unspecified atom stereocenters. The minimum Gasteiger partial charge on any atom is -0.369 e. The predicted octanol–water partition coefficient (Wildman–Crippen LogP) is 3.00. The van der Waals surface area contributed by atoms with E-state index in [4.69, 9.17) is 0 Å². The molecule has 0 fully saturated rings. The molecule has 21 heavy (non-hydrogen) atoms. The van der Waals surface area contributed by atoms with Crippen molar-refractivity contribution in [3.05, 3.63) is 54.1 Å². The molecule has 0 spiro atoms. The molecule has 0 saturated heterocycles. The van der Waals surface area contributed by atoms with E-state index in [1.54, 1.807) is 0 Å². The molecule has 1 N–H and O–H groups in total. The number of nitrogens with zero attached hydrogens (tertiary/aromatic N) is 3. The van der Waals surface area contributed by atoms with E-state index in [1.165, 1.54) is 11.1 Å². The van der Waals surface area contributed by atoms with E-state index in [9.17, 15) is 0 Å². The first-order chi connectivity index (χ1) is 9.96. The van der Waals surface area contributed by atoms with Crippen LogP contribution < -0.4 is 10.2 Å². The topological polar surface area (TPSA) is 41.1 Å². The van der Waals surface area contributed by atoms with Gasteiger partial charge in [-0.05, 0) is 50.1 Å². The van der Waals surface area contributed by atoms with Crippen molar-refractivity contribution in [2.24, 2.45) is 0 Å². The molecule has 0 saturated carbocycles. The van der Waals surface area contributed by atoms with E-state index >= 15 is 0 Å². The van der Waals surface area contributed by atoms with Crippen LogP contribution in [0.4, 0.5) is 5.69 Å². The summed E-state index contributed by atoms with van der Waals surface area (Å²) in [4.78, 5) is 10.6.